The summed E-state index contributed by atoms with van der Waals surface area (Å²) in [5.74, 6) is 0.667. The zero-order valence-electron chi connectivity index (χ0n) is 11.4. The lowest BCUT2D eigenvalue weighted by molar-refractivity contribution is 0.373. The predicted molar refractivity (Wildman–Crippen MR) is 85.3 cm³/mol. The second-order valence-electron chi connectivity index (χ2n) is 4.91. The fourth-order valence-electron chi connectivity index (χ4n) is 2.47. The molecule has 0 saturated carbocycles. The molecule has 1 aliphatic heterocycles. The minimum absolute atomic E-state index is 0.168. The number of nitrogens with one attached hydrogen (secondary N) is 1. The van der Waals surface area contributed by atoms with Crippen LogP contribution < -0.4 is 10.1 Å². The van der Waals surface area contributed by atoms with E-state index in [1.165, 1.54) is 9.77 Å². The van der Waals surface area contributed by atoms with Crippen molar-refractivity contribution in [1.82, 2.24) is 0 Å². The molecule has 0 fully saturated rings. The SMILES string of the molecule is COc1ccc(NC2C[C@H](C)Sc3sccc32)cc1O. The lowest BCUT2D eigenvalue weighted by atomic mass is 10.0. The molecule has 2 aromatic rings. The van der Waals surface area contributed by atoms with E-state index < -0.39 is 0 Å². The average molecular weight is 307 g/mol. The number of phenols is 1. The van der Waals surface area contributed by atoms with Gasteiger partial charge in [0, 0.05) is 17.0 Å². The number of methoxy groups -OCH3 is 1. The number of phenolic OH excluding ortho intramolecular Hbond substituents is 1. The van der Waals surface area contributed by atoms with Gasteiger partial charge >= 0.3 is 0 Å². The summed E-state index contributed by atoms with van der Waals surface area (Å²) in [5.41, 5.74) is 2.29. The Morgan fingerprint density at radius 1 is 1.35 bits per heavy atom. The molecule has 1 aromatic heterocycles. The van der Waals surface area contributed by atoms with Crippen LogP contribution in [0.25, 0.3) is 0 Å². The smallest absolute Gasteiger partial charge is 0.160 e. The third-order valence-electron chi connectivity index (χ3n) is 3.43. The fourth-order valence-corrected chi connectivity index (χ4v) is 5.03. The van der Waals surface area contributed by atoms with Crippen molar-refractivity contribution in [2.24, 2.45) is 0 Å². The standard InChI is InChI=1S/C15H17NO2S2/c1-9-7-12(11-5-6-19-15(11)20-9)16-10-3-4-14(18-2)13(17)8-10/h3-6,8-9,12,16-17H,7H2,1-2H3/t9-,12?/m0/s1. The Kier molecular flexibility index (Phi) is 3.81. The van der Waals surface area contributed by atoms with E-state index >= 15 is 0 Å². The average Bonchev–Trinajstić information content (AvgIpc) is 2.87. The predicted octanol–water partition coefficient (Wildman–Crippen LogP) is 4.50. The van der Waals surface area contributed by atoms with Crippen LogP contribution in [0.3, 0.4) is 0 Å². The summed E-state index contributed by atoms with van der Waals surface area (Å²) in [6.45, 7) is 2.26. The Balaban J connectivity index is 1.83. The van der Waals surface area contributed by atoms with Gasteiger partial charge in [-0.05, 0) is 35.6 Å². The van der Waals surface area contributed by atoms with Gasteiger partial charge < -0.3 is 15.2 Å². The summed E-state index contributed by atoms with van der Waals surface area (Å²) in [7, 11) is 1.56. The zero-order chi connectivity index (χ0) is 14.1. The number of hydrogen-bond donors (Lipinski definition) is 2. The molecule has 5 heteroatoms. The van der Waals surface area contributed by atoms with E-state index in [1.807, 2.05) is 17.8 Å². The molecule has 2 atom stereocenters. The number of thiophene rings is 1. The summed E-state index contributed by atoms with van der Waals surface area (Å²) < 4.78 is 6.47. The van der Waals surface area contributed by atoms with Gasteiger partial charge in [0.15, 0.2) is 11.5 Å². The summed E-state index contributed by atoms with van der Waals surface area (Å²) in [6.07, 6.45) is 1.08. The van der Waals surface area contributed by atoms with Crippen molar-refractivity contribution in [1.29, 1.82) is 0 Å². The molecule has 1 aliphatic rings. The molecule has 0 amide bonds. The molecule has 2 heterocycles. The number of rotatable bonds is 3. The first-order valence-electron chi connectivity index (χ1n) is 6.55. The maximum atomic E-state index is 9.86. The van der Waals surface area contributed by atoms with Crippen LogP contribution in [0.1, 0.15) is 24.9 Å². The minimum atomic E-state index is 0.168. The van der Waals surface area contributed by atoms with E-state index in [0.717, 1.165) is 12.1 Å². The largest absolute Gasteiger partial charge is 0.504 e. The monoisotopic (exact) mass is 307 g/mol. The highest BCUT2D eigenvalue weighted by Gasteiger charge is 2.26. The Bertz CT molecular complexity index is 612. The third kappa shape index (κ3) is 2.60. The molecule has 2 N–H and O–H groups in total. The molecule has 3 rings (SSSR count). The maximum Gasteiger partial charge on any atom is 0.160 e. The molecule has 20 heavy (non-hydrogen) atoms. The number of ether oxygens (including phenoxy) is 1. The molecular weight excluding hydrogens is 290 g/mol. The van der Waals surface area contributed by atoms with Crippen molar-refractivity contribution in [3.8, 4) is 11.5 Å². The van der Waals surface area contributed by atoms with E-state index in [0.29, 0.717) is 17.0 Å². The van der Waals surface area contributed by atoms with Gasteiger partial charge in [-0.15, -0.1) is 23.1 Å². The van der Waals surface area contributed by atoms with Crippen molar-refractivity contribution in [2.75, 3.05) is 12.4 Å². The van der Waals surface area contributed by atoms with Crippen molar-refractivity contribution < 1.29 is 9.84 Å². The van der Waals surface area contributed by atoms with Gasteiger partial charge in [-0.1, -0.05) is 6.92 Å². The van der Waals surface area contributed by atoms with E-state index in [4.69, 9.17) is 4.74 Å². The minimum Gasteiger partial charge on any atom is -0.504 e. The van der Waals surface area contributed by atoms with Crippen LogP contribution in [0.2, 0.25) is 0 Å². The Hall–Kier alpha value is -1.33. The van der Waals surface area contributed by atoms with Crippen LogP contribution in [-0.2, 0) is 0 Å². The van der Waals surface area contributed by atoms with Crippen molar-refractivity contribution in [3.63, 3.8) is 0 Å². The van der Waals surface area contributed by atoms with Crippen LogP contribution in [0.5, 0.6) is 11.5 Å². The highest BCUT2D eigenvalue weighted by Crippen LogP contribution is 2.45. The molecule has 0 spiro atoms. The molecule has 0 radical (unpaired) electrons. The van der Waals surface area contributed by atoms with E-state index in [2.05, 4.69) is 23.7 Å². The first-order valence-corrected chi connectivity index (χ1v) is 8.31. The van der Waals surface area contributed by atoms with E-state index in [-0.39, 0.29) is 5.75 Å². The number of anilines is 1. The summed E-state index contributed by atoms with van der Waals surface area (Å²) in [6, 6.07) is 7.95. The quantitative estimate of drug-likeness (QED) is 0.876. The first kappa shape index (κ1) is 13.6. The van der Waals surface area contributed by atoms with Crippen molar-refractivity contribution in [3.05, 3.63) is 35.2 Å². The highest BCUT2D eigenvalue weighted by atomic mass is 32.2. The Morgan fingerprint density at radius 2 is 2.20 bits per heavy atom. The highest BCUT2D eigenvalue weighted by molar-refractivity contribution is 8.01. The summed E-state index contributed by atoms with van der Waals surface area (Å²) >= 11 is 3.76. The Morgan fingerprint density at radius 3 is 2.95 bits per heavy atom. The van der Waals surface area contributed by atoms with Gasteiger partial charge in [0.25, 0.3) is 0 Å². The summed E-state index contributed by atoms with van der Waals surface area (Å²) in [4.78, 5) is 0. The van der Waals surface area contributed by atoms with Gasteiger partial charge in [0.05, 0.1) is 17.4 Å². The zero-order valence-corrected chi connectivity index (χ0v) is 13.1. The number of hydrogen-bond acceptors (Lipinski definition) is 5. The second kappa shape index (κ2) is 5.58. The van der Waals surface area contributed by atoms with Crippen molar-refractivity contribution >= 4 is 28.8 Å². The van der Waals surface area contributed by atoms with Gasteiger partial charge in [-0.25, -0.2) is 0 Å². The molecule has 106 valence electrons. The number of thioether (sulfide) groups is 1. The van der Waals surface area contributed by atoms with E-state index in [1.54, 1.807) is 30.6 Å². The van der Waals surface area contributed by atoms with Crippen LogP contribution >= 0.6 is 23.1 Å². The lowest BCUT2D eigenvalue weighted by Crippen LogP contribution is -2.18. The first-order chi connectivity index (χ1) is 9.67. The van der Waals surface area contributed by atoms with Crippen LogP contribution in [0.4, 0.5) is 5.69 Å². The normalized spacial score (nSPS) is 21.3. The van der Waals surface area contributed by atoms with Crippen LogP contribution in [-0.4, -0.2) is 17.5 Å². The van der Waals surface area contributed by atoms with Crippen LogP contribution in [0.15, 0.2) is 33.9 Å². The van der Waals surface area contributed by atoms with Gasteiger partial charge in [-0.3, -0.25) is 0 Å². The number of aromatic hydroxyl groups is 1. The molecule has 0 saturated heterocycles. The van der Waals surface area contributed by atoms with Crippen LogP contribution in [0, 0.1) is 0 Å². The molecule has 1 unspecified atom stereocenters. The Labute approximate surface area is 127 Å². The second-order valence-corrected chi connectivity index (χ2v) is 7.53. The number of benzene rings is 1. The molecule has 0 aliphatic carbocycles. The van der Waals surface area contributed by atoms with Gasteiger partial charge in [0.2, 0.25) is 0 Å². The fraction of sp³-hybridized carbons (Fsp3) is 0.333. The molecular formula is C15H17NO2S2. The molecule has 1 aromatic carbocycles. The molecule has 0 bridgehead atoms. The number of fused-ring (bicyclic) bond motifs is 1. The van der Waals surface area contributed by atoms with Gasteiger partial charge in [0.1, 0.15) is 0 Å². The van der Waals surface area contributed by atoms with E-state index in [9.17, 15) is 5.11 Å². The molecule has 3 nitrogen and oxygen atoms in total. The topological polar surface area (TPSA) is 41.5 Å². The third-order valence-corrected chi connectivity index (χ3v) is 5.77. The lowest BCUT2D eigenvalue weighted by Gasteiger charge is -2.28. The maximum absolute atomic E-state index is 9.86. The van der Waals surface area contributed by atoms with Gasteiger partial charge in [-0.2, -0.15) is 0 Å². The van der Waals surface area contributed by atoms with Crippen molar-refractivity contribution in [2.45, 2.75) is 28.8 Å². The summed E-state index contributed by atoms with van der Waals surface area (Å²) in [5, 5.41) is 16.1.